The van der Waals surface area contributed by atoms with Gasteiger partial charge in [0.15, 0.2) is 0 Å². The van der Waals surface area contributed by atoms with Crippen LogP contribution in [-0.2, 0) is 15.1 Å². The standard InChI is InChI=1S/C14H17FINO2/c1-10(16)13(18)19-14(6-8-17-9-7-14)11-2-4-12(15)5-3-11/h2-5,10,17H,6-9H2,1H3/p+1. The van der Waals surface area contributed by atoms with Gasteiger partial charge in [-0.15, -0.1) is 0 Å². The summed E-state index contributed by atoms with van der Waals surface area (Å²) in [6.45, 7) is 3.65. The molecule has 1 saturated heterocycles. The maximum atomic E-state index is 13.1. The molecule has 104 valence electrons. The lowest BCUT2D eigenvalue weighted by molar-refractivity contribution is -0.668. The molecule has 1 unspecified atom stereocenters. The number of carbonyl (C=O) groups is 1. The largest absolute Gasteiger partial charge is 0.453 e. The summed E-state index contributed by atoms with van der Waals surface area (Å²) in [4.78, 5) is 11.9. The van der Waals surface area contributed by atoms with E-state index in [0.29, 0.717) is 0 Å². The molecule has 0 radical (unpaired) electrons. The van der Waals surface area contributed by atoms with Crippen LogP contribution >= 0.6 is 22.6 Å². The third-order valence-corrected chi connectivity index (χ3v) is 4.00. The Morgan fingerprint density at radius 3 is 2.47 bits per heavy atom. The molecular weight excluding hydrogens is 360 g/mol. The molecule has 1 aromatic rings. The summed E-state index contributed by atoms with van der Waals surface area (Å²) in [6, 6.07) is 6.31. The van der Waals surface area contributed by atoms with Gasteiger partial charge in [-0.25, -0.2) is 4.39 Å². The molecule has 1 atom stereocenters. The average Bonchev–Trinajstić information content (AvgIpc) is 2.40. The first-order chi connectivity index (χ1) is 9.03. The normalized spacial score (nSPS) is 19.7. The van der Waals surface area contributed by atoms with Gasteiger partial charge in [0.1, 0.15) is 15.3 Å². The predicted molar refractivity (Wildman–Crippen MR) is 78.5 cm³/mol. The summed E-state index contributed by atoms with van der Waals surface area (Å²) in [5.74, 6) is -0.471. The van der Waals surface area contributed by atoms with Crippen molar-refractivity contribution in [2.24, 2.45) is 0 Å². The van der Waals surface area contributed by atoms with Crippen LogP contribution in [0.1, 0.15) is 25.3 Å². The van der Waals surface area contributed by atoms with Gasteiger partial charge >= 0.3 is 5.97 Å². The van der Waals surface area contributed by atoms with Gasteiger partial charge in [-0.05, 0) is 24.6 Å². The van der Waals surface area contributed by atoms with Crippen LogP contribution in [0.4, 0.5) is 4.39 Å². The second-order valence-electron chi connectivity index (χ2n) is 4.90. The van der Waals surface area contributed by atoms with E-state index in [1.54, 1.807) is 12.1 Å². The molecule has 0 saturated carbocycles. The van der Waals surface area contributed by atoms with Crippen LogP contribution in [0.5, 0.6) is 0 Å². The number of hydrogen-bond acceptors (Lipinski definition) is 2. The minimum Gasteiger partial charge on any atom is -0.453 e. The number of halogens is 2. The van der Waals surface area contributed by atoms with E-state index in [1.165, 1.54) is 12.1 Å². The van der Waals surface area contributed by atoms with Crippen molar-refractivity contribution in [1.82, 2.24) is 0 Å². The quantitative estimate of drug-likeness (QED) is 0.495. The lowest BCUT2D eigenvalue weighted by atomic mass is 9.84. The molecule has 3 nitrogen and oxygen atoms in total. The number of quaternary nitrogens is 1. The van der Waals surface area contributed by atoms with Gasteiger partial charge in [-0.2, -0.15) is 0 Å². The fourth-order valence-electron chi connectivity index (χ4n) is 2.42. The second kappa shape index (κ2) is 6.17. The van der Waals surface area contributed by atoms with E-state index in [0.717, 1.165) is 31.5 Å². The first-order valence-corrected chi connectivity index (χ1v) is 7.73. The van der Waals surface area contributed by atoms with Gasteiger partial charge in [-0.1, -0.05) is 34.7 Å². The van der Waals surface area contributed by atoms with Crippen molar-refractivity contribution in [3.63, 3.8) is 0 Å². The van der Waals surface area contributed by atoms with Gasteiger partial charge in [0, 0.05) is 12.8 Å². The monoisotopic (exact) mass is 378 g/mol. The summed E-state index contributed by atoms with van der Waals surface area (Å²) in [5, 5.41) is 2.21. The molecule has 2 rings (SSSR count). The van der Waals surface area contributed by atoms with Crippen LogP contribution < -0.4 is 5.32 Å². The molecule has 1 aliphatic rings. The van der Waals surface area contributed by atoms with E-state index >= 15 is 0 Å². The van der Waals surface area contributed by atoms with Gasteiger partial charge < -0.3 is 10.1 Å². The molecule has 0 bridgehead atoms. The minimum atomic E-state index is -0.584. The number of ether oxygens (including phenoxy) is 1. The molecular formula is C14H18FINO2+. The van der Waals surface area contributed by atoms with Crippen molar-refractivity contribution in [2.75, 3.05) is 13.1 Å². The number of nitrogens with two attached hydrogens (primary N) is 1. The molecule has 2 N–H and O–H groups in total. The van der Waals surface area contributed by atoms with Crippen LogP contribution in [0.25, 0.3) is 0 Å². The molecule has 1 aliphatic heterocycles. The number of alkyl halides is 1. The first kappa shape index (κ1) is 14.7. The van der Waals surface area contributed by atoms with Crippen LogP contribution in [0.3, 0.4) is 0 Å². The van der Waals surface area contributed by atoms with Crippen molar-refractivity contribution in [3.05, 3.63) is 35.6 Å². The molecule has 0 amide bonds. The molecule has 0 spiro atoms. The van der Waals surface area contributed by atoms with E-state index < -0.39 is 5.60 Å². The first-order valence-electron chi connectivity index (χ1n) is 6.48. The van der Waals surface area contributed by atoms with E-state index in [-0.39, 0.29) is 15.7 Å². The zero-order chi connectivity index (χ0) is 13.9. The highest BCUT2D eigenvalue weighted by atomic mass is 127. The average molecular weight is 378 g/mol. The number of rotatable bonds is 3. The summed E-state index contributed by atoms with van der Waals surface area (Å²) in [7, 11) is 0. The molecule has 0 aromatic heterocycles. The topological polar surface area (TPSA) is 42.9 Å². The Morgan fingerprint density at radius 1 is 1.37 bits per heavy atom. The van der Waals surface area contributed by atoms with Crippen LogP contribution in [0.15, 0.2) is 24.3 Å². The number of esters is 1. The zero-order valence-electron chi connectivity index (χ0n) is 10.9. The highest BCUT2D eigenvalue weighted by molar-refractivity contribution is 14.1. The SMILES string of the molecule is CC(I)C(=O)OC1(c2ccc(F)cc2)CC[NH2+]CC1. The summed E-state index contributed by atoms with van der Waals surface area (Å²) in [5.41, 5.74) is 0.311. The van der Waals surface area contributed by atoms with Crippen molar-refractivity contribution in [3.8, 4) is 0 Å². The molecule has 19 heavy (non-hydrogen) atoms. The van der Waals surface area contributed by atoms with Crippen molar-refractivity contribution in [2.45, 2.75) is 29.3 Å². The number of hydrogen-bond donors (Lipinski definition) is 1. The van der Waals surface area contributed by atoms with Crippen LogP contribution in [0.2, 0.25) is 0 Å². The Bertz CT molecular complexity index is 441. The fraction of sp³-hybridized carbons (Fsp3) is 0.500. The minimum absolute atomic E-state index is 0.180. The number of piperidine rings is 1. The Hall–Kier alpha value is -0.690. The zero-order valence-corrected chi connectivity index (χ0v) is 13.0. The van der Waals surface area contributed by atoms with Gasteiger partial charge in [0.05, 0.1) is 13.1 Å². The Kier molecular flexibility index (Phi) is 4.78. The Labute approximate surface area is 126 Å². The third kappa shape index (κ3) is 3.45. The molecule has 1 heterocycles. The molecule has 1 aromatic carbocycles. The van der Waals surface area contributed by atoms with Crippen LogP contribution in [-0.4, -0.2) is 23.0 Å². The second-order valence-corrected chi connectivity index (χ2v) is 6.77. The molecule has 5 heteroatoms. The van der Waals surface area contributed by atoms with Crippen molar-refractivity contribution >= 4 is 28.6 Å². The molecule has 0 aliphatic carbocycles. The van der Waals surface area contributed by atoms with E-state index in [2.05, 4.69) is 27.9 Å². The van der Waals surface area contributed by atoms with E-state index in [9.17, 15) is 9.18 Å². The van der Waals surface area contributed by atoms with Gasteiger partial charge in [0.2, 0.25) is 0 Å². The third-order valence-electron chi connectivity index (χ3n) is 3.50. The van der Waals surface area contributed by atoms with E-state index in [1.807, 2.05) is 6.92 Å². The highest BCUT2D eigenvalue weighted by Gasteiger charge is 2.40. The van der Waals surface area contributed by atoms with Crippen molar-refractivity contribution in [1.29, 1.82) is 0 Å². The molecule has 1 fully saturated rings. The lowest BCUT2D eigenvalue weighted by Gasteiger charge is -2.36. The Balaban J connectivity index is 2.28. The summed E-state index contributed by atoms with van der Waals surface area (Å²) < 4.78 is 18.7. The van der Waals surface area contributed by atoms with Gasteiger partial charge in [0.25, 0.3) is 0 Å². The van der Waals surface area contributed by atoms with Gasteiger partial charge in [-0.3, -0.25) is 4.79 Å². The van der Waals surface area contributed by atoms with Crippen LogP contribution in [0, 0.1) is 5.82 Å². The summed E-state index contributed by atoms with van der Waals surface area (Å²) in [6.07, 6.45) is 1.54. The maximum Gasteiger partial charge on any atom is 0.319 e. The predicted octanol–water partition coefficient (Wildman–Crippen LogP) is 1.74. The van der Waals surface area contributed by atoms with Crippen molar-refractivity contribution < 1.29 is 19.2 Å². The number of carbonyl (C=O) groups excluding carboxylic acids is 1. The smallest absolute Gasteiger partial charge is 0.319 e. The highest BCUT2D eigenvalue weighted by Crippen LogP contribution is 2.34. The number of benzene rings is 1. The van der Waals surface area contributed by atoms with E-state index in [4.69, 9.17) is 4.74 Å². The summed E-state index contributed by atoms with van der Waals surface area (Å²) >= 11 is 2.05. The fourth-order valence-corrected chi connectivity index (χ4v) is 2.54. The maximum absolute atomic E-state index is 13.1. The Morgan fingerprint density at radius 2 is 1.95 bits per heavy atom. The lowest BCUT2D eigenvalue weighted by Crippen LogP contribution is -2.87.